The van der Waals surface area contributed by atoms with Crippen molar-refractivity contribution in [1.82, 2.24) is 15.1 Å². The molecule has 0 aromatic carbocycles. The van der Waals surface area contributed by atoms with E-state index in [-0.39, 0.29) is 18.7 Å². The number of rotatable bonds is 6. The van der Waals surface area contributed by atoms with Gasteiger partial charge in [0.15, 0.2) is 0 Å². The van der Waals surface area contributed by atoms with Crippen LogP contribution in [0.4, 0.5) is 5.69 Å². The number of aliphatic carboxylic acids is 1. The Labute approximate surface area is 136 Å². The minimum absolute atomic E-state index is 0.0127. The maximum Gasteiger partial charge on any atom is 0.330 e. The minimum Gasteiger partial charge on any atom is -0.479 e. The molecule has 126 valence electrons. The molecule has 0 bridgehead atoms. The highest BCUT2D eigenvalue weighted by molar-refractivity contribution is 7.99. The summed E-state index contributed by atoms with van der Waals surface area (Å²) in [6, 6.07) is 0. The number of nitro groups is 1. The Morgan fingerprint density at radius 1 is 1.52 bits per heavy atom. The lowest BCUT2D eigenvalue weighted by Gasteiger charge is -2.24. The molecule has 23 heavy (non-hydrogen) atoms. The first kappa shape index (κ1) is 17.3. The van der Waals surface area contributed by atoms with Crippen molar-refractivity contribution in [1.29, 1.82) is 0 Å². The van der Waals surface area contributed by atoms with Gasteiger partial charge in [-0.25, -0.2) is 4.79 Å². The predicted octanol–water partition coefficient (Wildman–Crippen LogP) is 0.875. The largest absolute Gasteiger partial charge is 0.479 e. The summed E-state index contributed by atoms with van der Waals surface area (Å²) in [7, 11) is 0. The van der Waals surface area contributed by atoms with E-state index in [0.29, 0.717) is 29.3 Å². The molecule has 1 aromatic heterocycles. The van der Waals surface area contributed by atoms with Gasteiger partial charge < -0.3 is 10.4 Å². The van der Waals surface area contributed by atoms with Crippen molar-refractivity contribution in [3.05, 3.63) is 21.5 Å². The zero-order valence-electron chi connectivity index (χ0n) is 12.9. The standard InChI is InChI=1S/C13H18N4O5S/c1-8-11(17(21)22)9(2)16(15-8)5-3-10(18)14-13(12(19)20)4-6-23-7-13/h3-7H2,1-2H3,(H,14,18)(H,19,20). The number of carbonyl (C=O) groups excluding carboxylic acids is 1. The number of carboxylic acids is 1. The van der Waals surface area contributed by atoms with E-state index in [0.717, 1.165) is 0 Å². The van der Waals surface area contributed by atoms with Crippen molar-refractivity contribution in [2.24, 2.45) is 0 Å². The van der Waals surface area contributed by atoms with Gasteiger partial charge in [0.2, 0.25) is 5.91 Å². The highest BCUT2D eigenvalue weighted by Gasteiger charge is 2.43. The second kappa shape index (κ2) is 6.57. The van der Waals surface area contributed by atoms with Crippen LogP contribution in [0.25, 0.3) is 0 Å². The number of hydrogen-bond donors (Lipinski definition) is 2. The molecule has 1 aromatic rings. The molecule has 1 amide bonds. The fraction of sp³-hybridized carbons (Fsp3) is 0.615. The third-order valence-corrected chi connectivity index (χ3v) is 5.08. The Kier molecular flexibility index (Phi) is 4.93. The molecule has 0 aliphatic carbocycles. The maximum atomic E-state index is 12.1. The van der Waals surface area contributed by atoms with E-state index >= 15 is 0 Å². The van der Waals surface area contributed by atoms with Crippen molar-refractivity contribution >= 4 is 29.3 Å². The summed E-state index contributed by atoms with van der Waals surface area (Å²) in [5.74, 6) is -0.391. The van der Waals surface area contributed by atoms with E-state index in [2.05, 4.69) is 10.4 Å². The monoisotopic (exact) mass is 342 g/mol. The Bertz CT molecular complexity index is 651. The second-order valence-corrected chi connectivity index (χ2v) is 6.59. The summed E-state index contributed by atoms with van der Waals surface area (Å²) >= 11 is 1.49. The number of hydrogen-bond acceptors (Lipinski definition) is 6. The number of nitrogens with one attached hydrogen (secondary N) is 1. The van der Waals surface area contributed by atoms with E-state index in [1.165, 1.54) is 23.4 Å². The lowest BCUT2D eigenvalue weighted by molar-refractivity contribution is -0.386. The summed E-state index contributed by atoms with van der Waals surface area (Å²) in [5, 5.41) is 26.9. The van der Waals surface area contributed by atoms with Gasteiger partial charge in [-0.05, 0) is 26.0 Å². The average molecular weight is 342 g/mol. The average Bonchev–Trinajstić information content (AvgIpc) is 3.02. The molecule has 9 nitrogen and oxygen atoms in total. The van der Waals surface area contributed by atoms with E-state index < -0.39 is 22.3 Å². The van der Waals surface area contributed by atoms with Gasteiger partial charge in [-0.3, -0.25) is 19.6 Å². The third kappa shape index (κ3) is 3.46. The van der Waals surface area contributed by atoms with E-state index in [1.807, 2.05) is 0 Å². The first-order valence-corrected chi connectivity index (χ1v) is 8.23. The summed E-state index contributed by atoms with van der Waals surface area (Å²) in [4.78, 5) is 33.9. The third-order valence-electron chi connectivity index (χ3n) is 3.89. The first-order valence-electron chi connectivity index (χ1n) is 7.07. The normalized spacial score (nSPS) is 20.4. The van der Waals surface area contributed by atoms with Crippen LogP contribution in [-0.2, 0) is 16.1 Å². The zero-order valence-corrected chi connectivity index (χ0v) is 13.7. The number of carboxylic acid groups (broad SMARTS) is 1. The molecule has 0 saturated carbocycles. The molecule has 0 spiro atoms. The smallest absolute Gasteiger partial charge is 0.330 e. The maximum absolute atomic E-state index is 12.1. The summed E-state index contributed by atoms with van der Waals surface area (Å²) in [6.07, 6.45) is 0.406. The molecular weight excluding hydrogens is 324 g/mol. The number of nitrogens with zero attached hydrogens (tertiary/aromatic N) is 3. The Morgan fingerprint density at radius 2 is 2.22 bits per heavy atom. The van der Waals surface area contributed by atoms with Crippen molar-refractivity contribution in [3.8, 4) is 0 Å². The zero-order chi connectivity index (χ0) is 17.2. The van der Waals surface area contributed by atoms with Crippen LogP contribution in [0.15, 0.2) is 0 Å². The number of aromatic nitrogens is 2. The molecule has 1 fully saturated rings. The molecular formula is C13H18N4O5S. The predicted molar refractivity (Wildman–Crippen MR) is 83.4 cm³/mol. The fourth-order valence-electron chi connectivity index (χ4n) is 2.59. The minimum atomic E-state index is -1.21. The number of aryl methyl sites for hydroxylation is 2. The van der Waals surface area contributed by atoms with Gasteiger partial charge in [0.1, 0.15) is 16.9 Å². The van der Waals surface area contributed by atoms with Gasteiger partial charge in [0.05, 0.1) is 11.5 Å². The molecule has 1 unspecified atom stereocenters. The molecule has 2 rings (SSSR count). The molecule has 1 atom stereocenters. The van der Waals surface area contributed by atoms with Gasteiger partial charge in [0.25, 0.3) is 0 Å². The van der Waals surface area contributed by atoms with Gasteiger partial charge in [-0.2, -0.15) is 16.9 Å². The van der Waals surface area contributed by atoms with Crippen LogP contribution in [-0.4, -0.2) is 48.7 Å². The van der Waals surface area contributed by atoms with E-state index in [4.69, 9.17) is 0 Å². The van der Waals surface area contributed by atoms with Crippen molar-refractivity contribution in [3.63, 3.8) is 0 Å². The number of amides is 1. The van der Waals surface area contributed by atoms with Crippen LogP contribution in [0.2, 0.25) is 0 Å². The van der Waals surface area contributed by atoms with Crippen molar-refractivity contribution in [2.75, 3.05) is 11.5 Å². The second-order valence-electron chi connectivity index (χ2n) is 5.49. The molecule has 1 aliphatic heterocycles. The molecule has 2 heterocycles. The Morgan fingerprint density at radius 3 is 2.70 bits per heavy atom. The topological polar surface area (TPSA) is 127 Å². The summed E-state index contributed by atoms with van der Waals surface area (Å²) in [6.45, 7) is 3.27. The van der Waals surface area contributed by atoms with Crippen LogP contribution < -0.4 is 5.32 Å². The molecule has 1 aliphatic rings. The lowest BCUT2D eigenvalue weighted by atomic mass is 9.99. The fourth-order valence-corrected chi connectivity index (χ4v) is 3.92. The summed E-state index contributed by atoms with van der Waals surface area (Å²) in [5.41, 5.74) is -0.589. The highest BCUT2D eigenvalue weighted by atomic mass is 32.2. The van der Waals surface area contributed by atoms with Crippen LogP contribution in [0.3, 0.4) is 0 Å². The summed E-state index contributed by atoms with van der Waals surface area (Å²) < 4.78 is 1.41. The highest BCUT2D eigenvalue weighted by Crippen LogP contribution is 2.28. The lowest BCUT2D eigenvalue weighted by Crippen LogP contribution is -2.54. The van der Waals surface area contributed by atoms with Gasteiger partial charge in [-0.1, -0.05) is 0 Å². The van der Waals surface area contributed by atoms with Crippen molar-refractivity contribution < 1.29 is 19.6 Å². The molecule has 0 radical (unpaired) electrons. The quantitative estimate of drug-likeness (QED) is 0.580. The van der Waals surface area contributed by atoms with Gasteiger partial charge in [0, 0.05) is 12.2 Å². The van der Waals surface area contributed by atoms with Crippen LogP contribution >= 0.6 is 11.8 Å². The van der Waals surface area contributed by atoms with Gasteiger partial charge in [-0.15, -0.1) is 0 Å². The molecule has 1 saturated heterocycles. The van der Waals surface area contributed by atoms with Crippen LogP contribution in [0, 0.1) is 24.0 Å². The molecule has 10 heteroatoms. The number of thioether (sulfide) groups is 1. The van der Waals surface area contributed by atoms with Crippen LogP contribution in [0.5, 0.6) is 0 Å². The van der Waals surface area contributed by atoms with E-state index in [9.17, 15) is 24.8 Å². The van der Waals surface area contributed by atoms with Crippen molar-refractivity contribution in [2.45, 2.75) is 38.8 Å². The number of carbonyl (C=O) groups is 2. The van der Waals surface area contributed by atoms with Crippen LogP contribution in [0.1, 0.15) is 24.2 Å². The Hall–Kier alpha value is -2.10. The molecule has 2 N–H and O–H groups in total. The Balaban J connectivity index is 2.01. The van der Waals surface area contributed by atoms with Gasteiger partial charge >= 0.3 is 11.7 Å². The SMILES string of the molecule is Cc1nn(CCC(=O)NC2(C(=O)O)CCSC2)c(C)c1[N+](=O)[O-]. The van der Waals surface area contributed by atoms with E-state index in [1.54, 1.807) is 6.92 Å². The first-order chi connectivity index (χ1) is 10.8.